The topological polar surface area (TPSA) is 84.9 Å². The summed E-state index contributed by atoms with van der Waals surface area (Å²) in [5, 5.41) is 2.83. The van der Waals surface area contributed by atoms with E-state index in [2.05, 4.69) is 29.6 Å². The van der Waals surface area contributed by atoms with Gasteiger partial charge in [-0.3, -0.25) is 9.59 Å². The molecule has 1 N–H and O–H groups in total. The Kier molecular flexibility index (Phi) is 9.71. The Labute approximate surface area is 239 Å². The van der Waals surface area contributed by atoms with Crippen LogP contribution in [0.3, 0.4) is 0 Å². The molecule has 2 aromatic carbocycles. The zero-order valence-corrected chi connectivity index (χ0v) is 25.6. The number of fused-ring (bicyclic) bond motifs is 3. The fourth-order valence-electron chi connectivity index (χ4n) is 5.92. The molecule has 0 unspecified atom stereocenters. The summed E-state index contributed by atoms with van der Waals surface area (Å²) in [6.07, 6.45) is 4.93. The Morgan fingerprint density at radius 3 is 2.05 bits per heavy atom. The first kappa shape index (κ1) is 29.8. The molecule has 4 rings (SSSR count). The van der Waals surface area contributed by atoms with Gasteiger partial charge in [0.1, 0.15) is 19.2 Å². The quantitative estimate of drug-likeness (QED) is 0.341. The van der Waals surface area contributed by atoms with Crippen LogP contribution in [0, 0.1) is 11.8 Å². The summed E-state index contributed by atoms with van der Waals surface area (Å²) in [7, 11) is -2.10. The van der Waals surface area contributed by atoms with Crippen LogP contribution in [-0.4, -0.2) is 56.9 Å². The molecular weight excluding hydrogens is 520 g/mol. The molecular formula is C32H44N2O5Si. The van der Waals surface area contributed by atoms with Gasteiger partial charge in [0.25, 0.3) is 0 Å². The lowest BCUT2D eigenvalue weighted by Crippen LogP contribution is -2.54. The number of rotatable bonds is 10. The second kappa shape index (κ2) is 13.0. The van der Waals surface area contributed by atoms with E-state index >= 15 is 0 Å². The molecule has 2 amide bonds. The van der Waals surface area contributed by atoms with Crippen LogP contribution >= 0.6 is 0 Å². The number of amides is 2. The number of alkyl carbamates (subject to hydrolysis) is 1. The maximum absolute atomic E-state index is 13.8. The molecule has 2 aliphatic carbocycles. The van der Waals surface area contributed by atoms with Gasteiger partial charge in [0, 0.05) is 12.5 Å². The van der Waals surface area contributed by atoms with Crippen molar-refractivity contribution < 1.29 is 23.5 Å². The maximum Gasteiger partial charge on any atom is 0.407 e. The third kappa shape index (κ3) is 7.53. The molecule has 0 spiro atoms. The summed E-state index contributed by atoms with van der Waals surface area (Å²) in [5.74, 6) is -0.548. The average Bonchev–Trinajstić information content (AvgIpc) is 3.23. The monoisotopic (exact) mass is 564 g/mol. The van der Waals surface area contributed by atoms with E-state index in [0.717, 1.165) is 47.9 Å². The number of carbonyl (C=O) groups is 3. The highest BCUT2D eigenvalue weighted by Gasteiger charge is 2.34. The van der Waals surface area contributed by atoms with Gasteiger partial charge in [-0.25, -0.2) is 4.79 Å². The van der Waals surface area contributed by atoms with Crippen molar-refractivity contribution in [2.45, 2.75) is 77.6 Å². The molecule has 0 aliphatic heterocycles. The molecule has 40 heavy (non-hydrogen) atoms. The van der Waals surface area contributed by atoms with Crippen LogP contribution in [0.25, 0.3) is 11.1 Å². The first-order chi connectivity index (χ1) is 19.0. The van der Waals surface area contributed by atoms with E-state index in [4.69, 9.17) is 9.16 Å². The second-order valence-electron chi connectivity index (χ2n) is 12.5. The summed E-state index contributed by atoms with van der Waals surface area (Å²) in [6, 6.07) is 15.6. The van der Waals surface area contributed by atoms with Gasteiger partial charge in [0.05, 0.1) is 0 Å². The van der Waals surface area contributed by atoms with Crippen molar-refractivity contribution in [3.05, 3.63) is 59.7 Å². The highest BCUT2D eigenvalue weighted by Crippen LogP contribution is 2.44. The molecule has 1 fully saturated rings. The number of ether oxygens (including phenoxy) is 1. The van der Waals surface area contributed by atoms with Gasteiger partial charge in [-0.05, 0) is 66.6 Å². The van der Waals surface area contributed by atoms with Crippen molar-refractivity contribution in [1.82, 2.24) is 10.2 Å². The summed E-state index contributed by atoms with van der Waals surface area (Å²) in [5.41, 5.74) is 4.58. The van der Waals surface area contributed by atoms with Crippen molar-refractivity contribution in [3.63, 3.8) is 0 Å². The lowest BCUT2D eigenvalue weighted by molar-refractivity contribution is -0.145. The highest BCUT2D eigenvalue weighted by molar-refractivity contribution is 6.71. The standard InChI is InChI=1S/C32H44N2O5Si/c1-22(2)30(31(36)34(19-23-13-7-6-8-14-23)20-29(35)39-40(3,4)5)33-32(37)38-21-28-26-17-11-9-15-24(26)25-16-10-12-18-27(25)28/h9-12,15-18,22-23,28,30H,6-8,13-14,19-21H2,1-5H3,(H,33,37)/t30-/m0/s1. The van der Waals surface area contributed by atoms with Crippen molar-refractivity contribution in [3.8, 4) is 11.1 Å². The van der Waals surface area contributed by atoms with Gasteiger partial charge in [0.2, 0.25) is 14.2 Å². The zero-order valence-electron chi connectivity index (χ0n) is 24.6. The largest absolute Gasteiger partial charge is 0.519 e. The van der Waals surface area contributed by atoms with Crippen molar-refractivity contribution in [2.75, 3.05) is 19.7 Å². The van der Waals surface area contributed by atoms with E-state index in [1.165, 1.54) is 6.42 Å². The molecule has 8 heteroatoms. The summed E-state index contributed by atoms with van der Waals surface area (Å²) in [4.78, 5) is 41.3. The molecule has 0 radical (unpaired) electrons. The number of nitrogens with one attached hydrogen (secondary N) is 1. The smallest absolute Gasteiger partial charge is 0.407 e. The SMILES string of the molecule is CC(C)[C@H](NC(=O)OCC1c2ccccc2-c2ccccc21)C(=O)N(CC(=O)O[Si](C)(C)C)CC1CCCCC1. The third-order valence-corrected chi connectivity index (χ3v) is 8.64. The highest BCUT2D eigenvalue weighted by atomic mass is 28.4. The minimum Gasteiger partial charge on any atom is -0.519 e. The Morgan fingerprint density at radius 1 is 0.925 bits per heavy atom. The minimum atomic E-state index is -2.10. The molecule has 216 valence electrons. The molecule has 0 bridgehead atoms. The predicted molar refractivity (Wildman–Crippen MR) is 159 cm³/mol. The van der Waals surface area contributed by atoms with Crippen LogP contribution in [0.1, 0.15) is 63.0 Å². The third-order valence-electron chi connectivity index (χ3n) is 7.80. The molecule has 0 heterocycles. The van der Waals surface area contributed by atoms with E-state index in [0.29, 0.717) is 12.5 Å². The van der Waals surface area contributed by atoms with Crippen LogP contribution in [-0.2, 0) is 18.8 Å². The second-order valence-corrected chi connectivity index (χ2v) is 16.9. The first-order valence-corrected chi connectivity index (χ1v) is 18.1. The lowest BCUT2D eigenvalue weighted by Gasteiger charge is -2.33. The Hall–Kier alpha value is -3.13. The van der Waals surface area contributed by atoms with Crippen LogP contribution in [0.15, 0.2) is 48.5 Å². The molecule has 2 aromatic rings. The number of nitrogens with zero attached hydrogens (tertiary/aromatic N) is 1. The van der Waals surface area contributed by atoms with E-state index in [-0.39, 0.29) is 36.9 Å². The Morgan fingerprint density at radius 2 is 1.50 bits per heavy atom. The number of hydrogen-bond acceptors (Lipinski definition) is 5. The summed E-state index contributed by atoms with van der Waals surface area (Å²) >= 11 is 0. The van der Waals surface area contributed by atoms with Gasteiger partial charge < -0.3 is 19.4 Å². The van der Waals surface area contributed by atoms with Gasteiger partial charge in [-0.1, -0.05) is 81.6 Å². The molecule has 1 atom stereocenters. The molecule has 7 nitrogen and oxygen atoms in total. The van der Waals surface area contributed by atoms with Gasteiger partial charge in [0.15, 0.2) is 0 Å². The van der Waals surface area contributed by atoms with Crippen molar-refractivity contribution >= 4 is 26.3 Å². The van der Waals surface area contributed by atoms with E-state index < -0.39 is 20.5 Å². The van der Waals surface area contributed by atoms with Crippen LogP contribution in [0.4, 0.5) is 4.79 Å². The fraction of sp³-hybridized carbons (Fsp3) is 0.531. The van der Waals surface area contributed by atoms with Crippen LogP contribution < -0.4 is 5.32 Å². The average molecular weight is 565 g/mol. The lowest BCUT2D eigenvalue weighted by atomic mass is 9.88. The fourth-order valence-corrected chi connectivity index (χ4v) is 6.67. The molecule has 2 aliphatic rings. The van der Waals surface area contributed by atoms with Crippen molar-refractivity contribution in [1.29, 1.82) is 0 Å². The van der Waals surface area contributed by atoms with E-state index in [1.54, 1.807) is 4.90 Å². The van der Waals surface area contributed by atoms with Crippen molar-refractivity contribution in [2.24, 2.45) is 11.8 Å². The number of carbonyl (C=O) groups excluding carboxylic acids is 3. The maximum atomic E-state index is 13.8. The van der Waals surface area contributed by atoms with E-state index in [1.807, 2.05) is 57.8 Å². The predicted octanol–water partition coefficient (Wildman–Crippen LogP) is 6.34. The van der Waals surface area contributed by atoms with Crippen LogP contribution in [0.5, 0.6) is 0 Å². The molecule has 0 aromatic heterocycles. The Bertz CT molecular complexity index is 1160. The zero-order chi connectivity index (χ0) is 28.9. The van der Waals surface area contributed by atoms with E-state index in [9.17, 15) is 14.4 Å². The first-order valence-electron chi connectivity index (χ1n) is 14.7. The van der Waals surface area contributed by atoms with Crippen LogP contribution in [0.2, 0.25) is 19.6 Å². The molecule has 0 saturated heterocycles. The number of benzene rings is 2. The summed E-state index contributed by atoms with van der Waals surface area (Å²) < 4.78 is 11.4. The molecule has 1 saturated carbocycles. The number of hydrogen-bond donors (Lipinski definition) is 1. The normalized spacial score (nSPS) is 16.1. The van der Waals surface area contributed by atoms with Gasteiger partial charge in [-0.15, -0.1) is 0 Å². The van der Waals surface area contributed by atoms with Gasteiger partial charge in [-0.2, -0.15) is 0 Å². The minimum absolute atomic E-state index is 0.0644. The Balaban J connectivity index is 1.44. The summed E-state index contributed by atoms with van der Waals surface area (Å²) in [6.45, 7) is 10.2. The van der Waals surface area contributed by atoms with Gasteiger partial charge >= 0.3 is 12.1 Å².